The van der Waals surface area contributed by atoms with Gasteiger partial charge in [0.05, 0.1) is 35.6 Å². The molecule has 6 nitrogen and oxygen atoms in total. The van der Waals surface area contributed by atoms with Crippen molar-refractivity contribution in [3.63, 3.8) is 0 Å². The Bertz CT molecular complexity index is 1370. The van der Waals surface area contributed by atoms with E-state index in [1.807, 2.05) is 37.3 Å². The van der Waals surface area contributed by atoms with E-state index >= 15 is 0 Å². The van der Waals surface area contributed by atoms with E-state index in [1.165, 1.54) is 18.4 Å². The number of esters is 1. The molecule has 0 saturated heterocycles. The summed E-state index contributed by atoms with van der Waals surface area (Å²) in [6.07, 6.45) is 1.82. The quantitative estimate of drug-likeness (QED) is 0.538. The maximum Gasteiger partial charge on any atom is 0.338 e. The van der Waals surface area contributed by atoms with Gasteiger partial charge in [0.25, 0.3) is 5.56 Å². The predicted molar refractivity (Wildman–Crippen MR) is 125 cm³/mol. The molecule has 0 saturated carbocycles. The molecule has 0 spiro atoms. The number of rotatable bonds is 5. The van der Waals surface area contributed by atoms with E-state index in [9.17, 15) is 9.59 Å². The first-order chi connectivity index (χ1) is 15.4. The van der Waals surface area contributed by atoms with Crippen LogP contribution in [0.4, 0.5) is 0 Å². The molecule has 4 rings (SSSR count). The van der Waals surface area contributed by atoms with Crippen molar-refractivity contribution in [2.24, 2.45) is 4.99 Å². The summed E-state index contributed by atoms with van der Waals surface area (Å²) >= 11 is 7.34. The van der Waals surface area contributed by atoms with Gasteiger partial charge in [-0.25, -0.2) is 9.79 Å². The van der Waals surface area contributed by atoms with Crippen LogP contribution in [0.15, 0.2) is 69.6 Å². The average molecular weight is 469 g/mol. The van der Waals surface area contributed by atoms with Gasteiger partial charge in [-0.2, -0.15) is 0 Å². The molecule has 2 aromatic carbocycles. The molecule has 0 amide bonds. The number of fused-ring (bicyclic) bond motifs is 1. The average Bonchev–Trinajstić information content (AvgIpc) is 3.09. The zero-order valence-electron chi connectivity index (χ0n) is 17.8. The number of halogens is 1. The number of carbonyl (C=O) groups is 1. The molecule has 1 unspecified atom stereocenters. The Labute approximate surface area is 193 Å². The van der Waals surface area contributed by atoms with Crippen LogP contribution in [0.2, 0.25) is 5.02 Å². The van der Waals surface area contributed by atoms with Gasteiger partial charge < -0.3 is 9.47 Å². The molecule has 2 heterocycles. The molecule has 164 valence electrons. The summed E-state index contributed by atoms with van der Waals surface area (Å²) in [5, 5.41) is 0.567. The SMILES string of the molecule is CCOc1ccc(C=c2sc3n(c2=O)C(c2ccc(Cl)cc2)C(C(=O)OC)=C(C)N=3)cc1. The van der Waals surface area contributed by atoms with Crippen molar-refractivity contribution in [2.45, 2.75) is 19.9 Å². The summed E-state index contributed by atoms with van der Waals surface area (Å²) in [5.41, 5.74) is 2.24. The molecular formula is C24H21ClN2O4S. The van der Waals surface area contributed by atoms with Crippen molar-refractivity contribution in [2.75, 3.05) is 13.7 Å². The van der Waals surface area contributed by atoms with Crippen molar-refractivity contribution < 1.29 is 14.3 Å². The van der Waals surface area contributed by atoms with Gasteiger partial charge in [0, 0.05) is 5.02 Å². The van der Waals surface area contributed by atoms with E-state index in [2.05, 4.69) is 4.99 Å². The standard InChI is InChI=1S/C24H21ClN2O4S/c1-4-31-18-11-5-15(6-12-18)13-19-22(28)27-21(16-7-9-17(25)10-8-16)20(23(29)30-3)14(2)26-24(27)32-19/h5-13,21H,4H2,1-3H3. The van der Waals surface area contributed by atoms with Gasteiger partial charge in [-0.3, -0.25) is 9.36 Å². The van der Waals surface area contributed by atoms with Crippen LogP contribution in [0.1, 0.15) is 31.0 Å². The second kappa shape index (κ2) is 9.14. The lowest BCUT2D eigenvalue weighted by Crippen LogP contribution is -2.39. The summed E-state index contributed by atoms with van der Waals surface area (Å²) in [5.74, 6) is 0.249. The second-order valence-electron chi connectivity index (χ2n) is 7.13. The van der Waals surface area contributed by atoms with Gasteiger partial charge in [-0.05, 0) is 55.3 Å². The van der Waals surface area contributed by atoms with Gasteiger partial charge in [-0.15, -0.1) is 0 Å². The molecule has 1 atom stereocenters. The zero-order chi connectivity index (χ0) is 22.8. The summed E-state index contributed by atoms with van der Waals surface area (Å²) < 4.78 is 12.6. The fourth-order valence-corrected chi connectivity index (χ4v) is 4.80. The third-order valence-corrected chi connectivity index (χ3v) is 6.34. The molecule has 0 aliphatic carbocycles. The van der Waals surface area contributed by atoms with Crippen LogP contribution in [0, 0.1) is 0 Å². The van der Waals surface area contributed by atoms with E-state index in [0.717, 1.165) is 16.9 Å². The highest BCUT2D eigenvalue weighted by molar-refractivity contribution is 7.07. The largest absolute Gasteiger partial charge is 0.494 e. The van der Waals surface area contributed by atoms with Gasteiger partial charge in [0.2, 0.25) is 0 Å². The van der Waals surface area contributed by atoms with Gasteiger partial charge in [0.1, 0.15) is 5.75 Å². The van der Waals surface area contributed by atoms with Crippen LogP contribution in [0.5, 0.6) is 5.75 Å². The lowest BCUT2D eigenvalue weighted by molar-refractivity contribution is -0.136. The first-order valence-corrected chi connectivity index (χ1v) is 11.2. The molecule has 1 aliphatic rings. The maximum atomic E-state index is 13.5. The third kappa shape index (κ3) is 4.13. The van der Waals surface area contributed by atoms with Crippen molar-refractivity contribution in [1.29, 1.82) is 0 Å². The fraction of sp³-hybridized carbons (Fsp3) is 0.208. The highest BCUT2D eigenvalue weighted by Gasteiger charge is 2.32. The number of carbonyl (C=O) groups excluding carboxylic acids is 1. The Hall–Kier alpha value is -3.16. The molecule has 0 radical (unpaired) electrons. The monoisotopic (exact) mass is 468 g/mol. The minimum atomic E-state index is -0.654. The maximum absolute atomic E-state index is 13.5. The minimum absolute atomic E-state index is 0.225. The number of hydrogen-bond donors (Lipinski definition) is 0. The normalized spacial score (nSPS) is 15.9. The lowest BCUT2D eigenvalue weighted by Gasteiger charge is -2.24. The molecule has 1 aromatic heterocycles. The number of aromatic nitrogens is 1. The topological polar surface area (TPSA) is 69.9 Å². The molecule has 0 N–H and O–H groups in total. The second-order valence-corrected chi connectivity index (χ2v) is 8.57. The highest BCUT2D eigenvalue weighted by Crippen LogP contribution is 2.31. The molecule has 3 aromatic rings. The molecule has 1 aliphatic heterocycles. The number of ether oxygens (including phenoxy) is 2. The van der Waals surface area contributed by atoms with Gasteiger partial charge in [-0.1, -0.05) is 47.2 Å². The summed E-state index contributed by atoms with van der Waals surface area (Å²) in [6, 6.07) is 13.9. The first kappa shape index (κ1) is 22.0. The number of benzene rings is 2. The van der Waals surface area contributed by atoms with Crippen LogP contribution in [0.25, 0.3) is 6.08 Å². The Morgan fingerprint density at radius 1 is 1.19 bits per heavy atom. The zero-order valence-corrected chi connectivity index (χ0v) is 19.4. The highest BCUT2D eigenvalue weighted by atomic mass is 35.5. The molecule has 32 heavy (non-hydrogen) atoms. The van der Waals surface area contributed by atoms with Crippen LogP contribution < -0.4 is 19.6 Å². The Kier molecular flexibility index (Phi) is 6.30. The number of allylic oxidation sites excluding steroid dienone is 1. The Morgan fingerprint density at radius 3 is 2.50 bits per heavy atom. The van der Waals surface area contributed by atoms with Gasteiger partial charge in [0.15, 0.2) is 4.80 Å². The molecule has 8 heteroatoms. The van der Waals surface area contributed by atoms with Crippen molar-refractivity contribution in [1.82, 2.24) is 4.57 Å². The smallest absolute Gasteiger partial charge is 0.338 e. The van der Waals surface area contributed by atoms with Crippen molar-refractivity contribution >= 4 is 35.0 Å². The summed E-state index contributed by atoms with van der Waals surface area (Å²) in [7, 11) is 1.32. The fourth-order valence-electron chi connectivity index (χ4n) is 3.63. The first-order valence-electron chi connectivity index (χ1n) is 10.0. The van der Waals surface area contributed by atoms with E-state index in [4.69, 9.17) is 21.1 Å². The molecule has 0 bridgehead atoms. The Balaban J connectivity index is 1.89. The number of thiazole rings is 1. The molecular weight excluding hydrogens is 448 g/mol. The van der Waals surface area contributed by atoms with Gasteiger partial charge >= 0.3 is 5.97 Å². The minimum Gasteiger partial charge on any atom is -0.494 e. The lowest BCUT2D eigenvalue weighted by atomic mass is 9.96. The van der Waals surface area contributed by atoms with Crippen LogP contribution >= 0.6 is 22.9 Å². The number of hydrogen-bond acceptors (Lipinski definition) is 6. The van der Waals surface area contributed by atoms with E-state index in [-0.39, 0.29) is 5.56 Å². The third-order valence-electron chi connectivity index (χ3n) is 5.10. The van der Waals surface area contributed by atoms with Crippen molar-refractivity contribution in [3.8, 4) is 5.75 Å². The van der Waals surface area contributed by atoms with Crippen LogP contribution in [-0.2, 0) is 9.53 Å². The van der Waals surface area contributed by atoms with Crippen LogP contribution in [0.3, 0.4) is 0 Å². The van der Waals surface area contributed by atoms with E-state index in [1.54, 1.807) is 35.8 Å². The summed E-state index contributed by atoms with van der Waals surface area (Å²) in [6.45, 7) is 4.26. The van der Waals surface area contributed by atoms with Crippen molar-refractivity contribution in [3.05, 3.63) is 95.6 Å². The Morgan fingerprint density at radius 2 is 1.88 bits per heavy atom. The summed E-state index contributed by atoms with van der Waals surface area (Å²) in [4.78, 5) is 31.2. The predicted octanol–water partition coefficient (Wildman–Crippen LogP) is 3.46. The van der Waals surface area contributed by atoms with E-state index < -0.39 is 12.0 Å². The van der Waals surface area contributed by atoms with E-state index in [0.29, 0.717) is 32.2 Å². The number of nitrogens with zero attached hydrogens (tertiary/aromatic N) is 2. The van der Waals surface area contributed by atoms with Crippen LogP contribution in [-0.4, -0.2) is 24.3 Å². The number of methoxy groups -OCH3 is 1. The molecule has 0 fully saturated rings.